The number of aliphatic hydroxyl groups excluding tert-OH is 1. The Hall–Kier alpha value is -1.20. The van der Waals surface area contributed by atoms with Crippen LogP contribution in [0, 0.1) is 17.6 Å². The quantitative estimate of drug-likeness (QED) is 0.820. The number of hydrogen-bond acceptors (Lipinski definition) is 2. The second-order valence-electron chi connectivity index (χ2n) is 4.60. The molecule has 0 aliphatic carbocycles. The minimum Gasteiger partial charge on any atom is -0.393 e. The van der Waals surface area contributed by atoms with Crippen molar-refractivity contribution in [2.75, 3.05) is 6.54 Å². The van der Waals surface area contributed by atoms with Crippen LogP contribution in [0.5, 0.6) is 0 Å². The van der Waals surface area contributed by atoms with Crippen LogP contribution in [-0.2, 0) is 0 Å². The molecule has 19 heavy (non-hydrogen) atoms. The number of rotatable bonds is 5. The van der Waals surface area contributed by atoms with Crippen molar-refractivity contribution in [2.45, 2.75) is 26.4 Å². The summed E-state index contributed by atoms with van der Waals surface area (Å²) in [6.07, 6.45) is -0.147. The zero-order valence-corrected chi connectivity index (χ0v) is 11.5. The molecule has 3 nitrogen and oxygen atoms in total. The lowest BCUT2D eigenvalue weighted by Crippen LogP contribution is -2.29. The third-order valence-corrected chi connectivity index (χ3v) is 3.06. The molecule has 2 N–H and O–H groups in total. The number of aliphatic hydroxyl groups is 1. The van der Waals surface area contributed by atoms with Gasteiger partial charge >= 0.3 is 0 Å². The van der Waals surface area contributed by atoms with E-state index in [1.807, 2.05) is 13.8 Å². The highest BCUT2D eigenvalue weighted by molar-refractivity contribution is 6.33. The number of nitrogens with one attached hydrogen (secondary N) is 1. The summed E-state index contributed by atoms with van der Waals surface area (Å²) in [6, 6.07) is 1.51. The molecule has 1 aromatic rings. The molecule has 0 saturated heterocycles. The topological polar surface area (TPSA) is 49.3 Å². The van der Waals surface area contributed by atoms with Crippen LogP contribution < -0.4 is 5.32 Å². The maximum absolute atomic E-state index is 13.0. The van der Waals surface area contributed by atoms with Crippen LogP contribution in [0.4, 0.5) is 8.78 Å². The SMILES string of the molecule is CC(C)C(O)CCNC(=O)c1cc(F)c(F)cc1Cl. The van der Waals surface area contributed by atoms with E-state index in [1.165, 1.54) is 0 Å². The van der Waals surface area contributed by atoms with E-state index in [2.05, 4.69) is 5.32 Å². The van der Waals surface area contributed by atoms with Gasteiger partial charge in [0.15, 0.2) is 11.6 Å². The first-order valence-corrected chi connectivity index (χ1v) is 6.31. The molecule has 0 bridgehead atoms. The molecular weight excluding hydrogens is 276 g/mol. The summed E-state index contributed by atoms with van der Waals surface area (Å²) in [5.74, 6) is -2.74. The van der Waals surface area contributed by atoms with Crippen molar-refractivity contribution >= 4 is 17.5 Å². The highest BCUT2D eigenvalue weighted by Gasteiger charge is 2.15. The Morgan fingerprint density at radius 3 is 2.53 bits per heavy atom. The lowest BCUT2D eigenvalue weighted by Gasteiger charge is -2.14. The van der Waals surface area contributed by atoms with Gasteiger partial charge in [0.25, 0.3) is 5.91 Å². The van der Waals surface area contributed by atoms with E-state index in [9.17, 15) is 18.7 Å². The maximum atomic E-state index is 13.0. The number of carbonyl (C=O) groups excluding carboxylic acids is 1. The van der Waals surface area contributed by atoms with Crippen LogP contribution in [0.3, 0.4) is 0 Å². The zero-order valence-electron chi connectivity index (χ0n) is 10.7. The van der Waals surface area contributed by atoms with Gasteiger partial charge in [0.2, 0.25) is 0 Å². The molecule has 1 amide bonds. The van der Waals surface area contributed by atoms with Crippen molar-refractivity contribution in [1.82, 2.24) is 5.32 Å². The number of hydrogen-bond donors (Lipinski definition) is 2. The van der Waals surface area contributed by atoms with Crippen LogP contribution in [0.1, 0.15) is 30.6 Å². The van der Waals surface area contributed by atoms with Gasteiger partial charge in [0.1, 0.15) is 0 Å². The third-order valence-electron chi connectivity index (χ3n) is 2.75. The Morgan fingerprint density at radius 1 is 1.37 bits per heavy atom. The van der Waals surface area contributed by atoms with Gasteiger partial charge in [-0.15, -0.1) is 0 Å². The predicted octanol–water partition coefficient (Wildman–Crippen LogP) is 2.76. The van der Waals surface area contributed by atoms with Gasteiger partial charge < -0.3 is 10.4 Å². The van der Waals surface area contributed by atoms with E-state index in [-0.39, 0.29) is 23.0 Å². The number of halogens is 3. The fraction of sp³-hybridized carbons (Fsp3) is 0.462. The van der Waals surface area contributed by atoms with Crippen LogP contribution in [0.2, 0.25) is 5.02 Å². The molecule has 0 radical (unpaired) electrons. The standard InChI is InChI=1S/C13H16ClF2NO2/c1-7(2)12(18)3-4-17-13(19)8-5-10(15)11(16)6-9(8)14/h5-7,12,18H,3-4H2,1-2H3,(H,17,19). The van der Waals surface area contributed by atoms with Crippen molar-refractivity contribution in [2.24, 2.45) is 5.92 Å². The number of carbonyl (C=O) groups is 1. The van der Waals surface area contributed by atoms with Crippen LogP contribution >= 0.6 is 11.6 Å². The first-order chi connectivity index (χ1) is 8.82. The molecule has 0 aromatic heterocycles. The van der Waals surface area contributed by atoms with Crippen molar-refractivity contribution < 1.29 is 18.7 Å². The summed E-state index contributed by atoms with van der Waals surface area (Å²) >= 11 is 5.67. The van der Waals surface area contributed by atoms with Crippen LogP contribution in [0.15, 0.2) is 12.1 Å². The maximum Gasteiger partial charge on any atom is 0.252 e. The van der Waals surface area contributed by atoms with E-state index in [0.29, 0.717) is 6.42 Å². The van der Waals surface area contributed by atoms with Gasteiger partial charge in [-0.3, -0.25) is 4.79 Å². The lowest BCUT2D eigenvalue weighted by molar-refractivity contribution is 0.0920. The molecule has 106 valence electrons. The van der Waals surface area contributed by atoms with E-state index >= 15 is 0 Å². The minimum absolute atomic E-state index is 0.0868. The Labute approximate surface area is 115 Å². The van der Waals surface area contributed by atoms with E-state index in [1.54, 1.807) is 0 Å². The normalized spacial score (nSPS) is 12.6. The Bertz CT molecular complexity index is 466. The predicted molar refractivity (Wildman–Crippen MR) is 69.2 cm³/mol. The van der Waals surface area contributed by atoms with Crippen molar-refractivity contribution in [1.29, 1.82) is 0 Å². The number of amides is 1. The molecule has 0 aliphatic heterocycles. The molecule has 1 rings (SSSR count). The second kappa shape index (κ2) is 6.82. The zero-order chi connectivity index (χ0) is 14.6. The van der Waals surface area contributed by atoms with E-state index in [0.717, 1.165) is 12.1 Å². The molecular formula is C13H16ClF2NO2. The molecule has 1 aromatic carbocycles. The van der Waals surface area contributed by atoms with Crippen LogP contribution in [0.25, 0.3) is 0 Å². The highest BCUT2D eigenvalue weighted by Crippen LogP contribution is 2.19. The fourth-order valence-electron chi connectivity index (χ4n) is 1.46. The number of benzene rings is 1. The third kappa shape index (κ3) is 4.44. The van der Waals surface area contributed by atoms with Crippen molar-refractivity contribution in [3.63, 3.8) is 0 Å². The summed E-state index contributed by atoms with van der Waals surface area (Å²) in [5.41, 5.74) is -0.125. The molecule has 0 spiro atoms. The smallest absolute Gasteiger partial charge is 0.252 e. The van der Waals surface area contributed by atoms with Gasteiger partial charge in [-0.1, -0.05) is 25.4 Å². The first-order valence-electron chi connectivity index (χ1n) is 5.93. The first kappa shape index (κ1) is 15.9. The lowest BCUT2D eigenvalue weighted by atomic mass is 10.0. The van der Waals surface area contributed by atoms with E-state index in [4.69, 9.17) is 11.6 Å². The van der Waals surface area contributed by atoms with Crippen molar-refractivity contribution in [3.05, 3.63) is 34.4 Å². The molecule has 0 fully saturated rings. The summed E-state index contributed by atoms with van der Waals surface area (Å²) in [4.78, 5) is 11.7. The largest absolute Gasteiger partial charge is 0.393 e. The molecule has 1 unspecified atom stereocenters. The average molecular weight is 292 g/mol. The second-order valence-corrected chi connectivity index (χ2v) is 5.01. The summed E-state index contributed by atoms with van der Waals surface area (Å²) in [5, 5.41) is 11.9. The Balaban J connectivity index is 2.62. The molecule has 6 heteroatoms. The average Bonchev–Trinajstić information content (AvgIpc) is 2.33. The molecule has 0 saturated carbocycles. The van der Waals surface area contributed by atoms with Gasteiger partial charge in [-0.25, -0.2) is 8.78 Å². The van der Waals surface area contributed by atoms with Gasteiger partial charge in [-0.2, -0.15) is 0 Å². The summed E-state index contributed by atoms with van der Waals surface area (Å²) < 4.78 is 25.9. The fourth-order valence-corrected chi connectivity index (χ4v) is 1.69. The van der Waals surface area contributed by atoms with Gasteiger partial charge in [-0.05, 0) is 24.5 Å². The van der Waals surface area contributed by atoms with Gasteiger partial charge in [0, 0.05) is 6.54 Å². The van der Waals surface area contributed by atoms with Crippen molar-refractivity contribution in [3.8, 4) is 0 Å². The molecule has 1 atom stereocenters. The van der Waals surface area contributed by atoms with Crippen LogP contribution in [-0.4, -0.2) is 23.7 Å². The minimum atomic E-state index is -1.13. The Morgan fingerprint density at radius 2 is 1.95 bits per heavy atom. The van der Waals surface area contributed by atoms with Gasteiger partial charge in [0.05, 0.1) is 16.7 Å². The monoisotopic (exact) mass is 291 g/mol. The highest BCUT2D eigenvalue weighted by atomic mass is 35.5. The summed E-state index contributed by atoms with van der Waals surface area (Å²) in [6.45, 7) is 3.95. The summed E-state index contributed by atoms with van der Waals surface area (Å²) in [7, 11) is 0. The molecule has 0 aliphatic rings. The molecule has 0 heterocycles. The van der Waals surface area contributed by atoms with E-state index < -0.39 is 23.6 Å². The Kier molecular flexibility index (Phi) is 5.69.